The fraction of sp³-hybridized carbons (Fsp3) is 0.278. The molecule has 0 fully saturated rings. The van der Waals surface area contributed by atoms with E-state index in [-0.39, 0.29) is 11.7 Å². The van der Waals surface area contributed by atoms with Crippen LogP contribution in [-0.4, -0.2) is 53.5 Å². The minimum Gasteiger partial charge on any atom is -0.350 e. The van der Waals surface area contributed by atoms with E-state index in [0.29, 0.717) is 31.0 Å². The number of para-hydroxylation sites is 2. The summed E-state index contributed by atoms with van der Waals surface area (Å²) in [7, 11) is -3.40. The van der Waals surface area contributed by atoms with Gasteiger partial charge in [0.15, 0.2) is 0 Å². The van der Waals surface area contributed by atoms with Gasteiger partial charge in [-0.25, -0.2) is 13.4 Å². The second-order valence-electron chi connectivity index (χ2n) is 6.40. The van der Waals surface area contributed by atoms with Crippen LogP contribution in [0.25, 0.3) is 11.0 Å². The Morgan fingerprint density at radius 1 is 1.26 bits per heavy atom. The van der Waals surface area contributed by atoms with Crippen LogP contribution in [0.1, 0.15) is 5.82 Å². The number of amidine groups is 1. The first-order chi connectivity index (χ1) is 12.9. The molecule has 1 aromatic carbocycles. The number of imidazole rings is 1. The smallest absolute Gasteiger partial charge is 0.256 e. The summed E-state index contributed by atoms with van der Waals surface area (Å²) in [5, 5.41) is 2.90. The quantitative estimate of drug-likeness (QED) is 0.846. The third-order valence-electron chi connectivity index (χ3n) is 4.55. The van der Waals surface area contributed by atoms with Gasteiger partial charge in [0.25, 0.3) is 15.9 Å². The Morgan fingerprint density at radius 3 is 2.93 bits per heavy atom. The molecule has 2 aliphatic heterocycles. The Labute approximate surface area is 157 Å². The summed E-state index contributed by atoms with van der Waals surface area (Å²) in [6, 6.07) is 7.89. The van der Waals surface area contributed by atoms with E-state index in [2.05, 4.69) is 19.3 Å². The van der Waals surface area contributed by atoms with Gasteiger partial charge < -0.3 is 14.8 Å². The van der Waals surface area contributed by atoms with Crippen LogP contribution in [0.2, 0.25) is 0 Å². The summed E-state index contributed by atoms with van der Waals surface area (Å²) in [6.07, 6.45) is 4.78. The van der Waals surface area contributed by atoms with Crippen molar-refractivity contribution in [3.8, 4) is 0 Å². The van der Waals surface area contributed by atoms with E-state index < -0.39 is 10.0 Å². The fourth-order valence-electron chi connectivity index (χ4n) is 3.20. The maximum absolute atomic E-state index is 12.4. The molecule has 4 rings (SSSR count). The van der Waals surface area contributed by atoms with Crippen molar-refractivity contribution in [3.63, 3.8) is 0 Å². The average molecular weight is 385 g/mol. The fourth-order valence-corrected chi connectivity index (χ4v) is 4.17. The number of hydrogen-bond acceptors (Lipinski definition) is 5. The maximum atomic E-state index is 12.4. The highest BCUT2D eigenvalue weighted by molar-refractivity contribution is 7.90. The Morgan fingerprint density at radius 2 is 2.07 bits per heavy atom. The van der Waals surface area contributed by atoms with Crippen molar-refractivity contribution < 1.29 is 13.2 Å². The van der Waals surface area contributed by atoms with E-state index in [0.717, 1.165) is 16.9 Å². The van der Waals surface area contributed by atoms with Crippen LogP contribution in [0.3, 0.4) is 0 Å². The molecule has 140 valence electrons. The van der Waals surface area contributed by atoms with Gasteiger partial charge in [0, 0.05) is 25.8 Å². The van der Waals surface area contributed by atoms with Crippen molar-refractivity contribution in [2.75, 3.05) is 18.8 Å². The number of rotatable bonds is 4. The lowest BCUT2D eigenvalue weighted by Gasteiger charge is -2.26. The molecule has 8 nitrogen and oxygen atoms in total. The van der Waals surface area contributed by atoms with E-state index in [1.54, 1.807) is 23.3 Å². The number of aryl methyl sites for hydroxylation is 1. The number of sulfonamides is 1. The zero-order valence-electron chi connectivity index (χ0n) is 14.8. The van der Waals surface area contributed by atoms with Crippen molar-refractivity contribution in [3.05, 3.63) is 54.0 Å². The Hall–Kier alpha value is -2.94. The zero-order chi connectivity index (χ0) is 19.0. The number of nitrogens with one attached hydrogen (secondary N) is 1. The summed E-state index contributed by atoms with van der Waals surface area (Å²) in [4.78, 5) is 18.6. The zero-order valence-corrected chi connectivity index (χ0v) is 15.6. The van der Waals surface area contributed by atoms with Crippen LogP contribution in [-0.2, 0) is 21.4 Å². The summed E-state index contributed by atoms with van der Waals surface area (Å²) in [6.45, 7) is 3.31. The van der Waals surface area contributed by atoms with Gasteiger partial charge >= 0.3 is 0 Å². The Kier molecular flexibility index (Phi) is 4.31. The molecule has 0 radical (unpaired) electrons. The monoisotopic (exact) mass is 385 g/mol. The van der Waals surface area contributed by atoms with Crippen LogP contribution >= 0.6 is 0 Å². The lowest BCUT2D eigenvalue weighted by molar-refractivity contribution is -0.117. The summed E-state index contributed by atoms with van der Waals surface area (Å²) < 4.78 is 28.9. The third kappa shape index (κ3) is 3.50. The summed E-state index contributed by atoms with van der Waals surface area (Å²) in [5.41, 5.74) is 2.45. The number of nitrogens with zero attached hydrogens (tertiary/aromatic N) is 4. The minimum absolute atomic E-state index is 0.0529. The first-order valence-electron chi connectivity index (χ1n) is 8.62. The molecular formula is C18H19N5O3S. The molecule has 0 saturated heterocycles. The lowest BCUT2D eigenvalue weighted by Crippen LogP contribution is -2.38. The molecule has 0 unspecified atom stereocenters. The number of amides is 1. The van der Waals surface area contributed by atoms with E-state index in [1.165, 1.54) is 0 Å². The molecule has 1 aromatic heterocycles. The van der Waals surface area contributed by atoms with Crippen molar-refractivity contribution in [2.45, 2.75) is 13.5 Å². The first-order valence-corrected chi connectivity index (χ1v) is 10.2. The Bertz CT molecular complexity index is 1110. The van der Waals surface area contributed by atoms with E-state index in [1.807, 2.05) is 31.2 Å². The predicted octanol–water partition coefficient (Wildman–Crippen LogP) is 0.959. The summed E-state index contributed by atoms with van der Waals surface area (Å²) in [5.74, 6) is 0.986. The van der Waals surface area contributed by atoms with Gasteiger partial charge in [-0.15, -0.1) is 4.40 Å². The molecule has 0 spiro atoms. The van der Waals surface area contributed by atoms with Crippen LogP contribution in [0, 0.1) is 6.92 Å². The molecule has 2 aliphatic rings. The van der Waals surface area contributed by atoms with Crippen molar-refractivity contribution in [2.24, 2.45) is 4.40 Å². The number of carbonyl (C=O) groups excluding carboxylic acids is 1. The largest absolute Gasteiger partial charge is 0.350 e. The van der Waals surface area contributed by atoms with E-state index >= 15 is 0 Å². The number of hydrogen-bond donors (Lipinski definition) is 1. The van der Waals surface area contributed by atoms with Crippen molar-refractivity contribution in [1.29, 1.82) is 0 Å². The van der Waals surface area contributed by atoms with Gasteiger partial charge in [-0.2, -0.15) is 0 Å². The molecule has 0 saturated carbocycles. The molecule has 0 bridgehead atoms. The van der Waals surface area contributed by atoms with Crippen LogP contribution in [0.4, 0.5) is 0 Å². The van der Waals surface area contributed by atoms with Crippen LogP contribution < -0.4 is 5.32 Å². The van der Waals surface area contributed by atoms with Crippen LogP contribution in [0.5, 0.6) is 0 Å². The second kappa shape index (κ2) is 6.66. The minimum atomic E-state index is -3.40. The van der Waals surface area contributed by atoms with Crippen molar-refractivity contribution >= 4 is 32.8 Å². The highest BCUT2D eigenvalue weighted by atomic mass is 32.2. The number of benzene rings is 1. The Balaban J connectivity index is 1.41. The number of aromatic nitrogens is 2. The average Bonchev–Trinajstić information content (AvgIpc) is 2.96. The maximum Gasteiger partial charge on any atom is 0.256 e. The first kappa shape index (κ1) is 17.5. The molecule has 1 N–H and O–H groups in total. The molecule has 2 aromatic rings. The van der Waals surface area contributed by atoms with Crippen molar-refractivity contribution in [1.82, 2.24) is 19.8 Å². The van der Waals surface area contributed by atoms with Crippen LogP contribution in [0.15, 0.2) is 52.6 Å². The van der Waals surface area contributed by atoms with Gasteiger partial charge in [-0.1, -0.05) is 12.1 Å². The lowest BCUT2D eigenvalue weighted by atomic mass is 10.2. The van der Waals surface area contributed by atoms with Gasteiger partial charge in [-0.3, -0.25) is 4.79 Å². The molecule has 9 heteroatoms. The highest BCUT2D eigenvalue weighted by Gasteiger charge is 2.24. The number of carbonyl (C=O) groups is 1. The second-order valence-corrected chi connectivity index (χ2v) is 8.16. The molecule has 0 atom stereocenters. The highest BCUT2D eigenvalue weighted by Crippen LogP contribution is 2.16. The van der Waals surface area contributed by atoms with Gasteiger partial charge in [-0.05, 0) is 31.2 Å². The standard InChI is InChI=1S/C18H19N5O3S/c1-13-20-15-4-2-3-5-16(15)23(13)9-8-19-18(24)14-6-7-17-21-27(25,26)11-10-22(17)12-14/h2-7,12H,8-11H2,1H3,(H,19,24). The van der Waals surface area contributed by atoms with E-state index in [9.17, 15) is 13.2 Å². The molecular weight excluding hydrogens is 366 g/mol. The van der Waals surface area contributed by atoms with E-state index in [4.69, 9.17) is 0 Å². The molecule has 0 aliphatic carbocycles. The van der Waals surface area contributed by atoms with Gasteiger partial charge in [0.1, 0.15) is 11.7 Å². The van der Waals surface area contributed by atoms with Gasteiger partial charge in [0.2, 0.25) is 0 Å². The molecule has 3 heterocycles. The SMILES string of the molecule is Cc1nc2ccccc2n1CCNC(=O)C1=CN2CCS(=O)(=O)N=C2C=C1. The topological polar surface area (TPSA) is 96.7 Å². The normalized spacial score (nSPS) is 18.0. The molecule has 27 heavy (non-hydrogen) atoms. The van der Waals surface area contributed by atoms with Gasteiger partial charge in [0.05, 0.1) is 22.4 Å². The predicted molar refractivity (Wildman–Crippen MR) is 103 cm³/mol. The third-order valence-corrected chi connectivity index (χ3v) is 5.72. The molecule has 1 amide bonds. The number of fused-ring (bicyclic) bond motifs is 2. The summed E-state index contributed by atoms with van der Waals surface area (Å²) >= 11 is 0.